The van der Waals surface area contributed by atoms with Gasteiger partial charge in [0.2, 0.25) is 0 Å². The van der Waals surface area contributed by atoms with E-state index in [1.54, 1.807) is 24.3 Å². The van der Waals surface area contributed by atoms with E-state index in [0.717, 1.165) is 22.3 Å². The molecule has 4 aromatic carbocycles. The van der Waals surface area contributed by atoms with E-state index in [1.165, 1.54) is 0 Å². The van der Waals surface area contributed by atoms with Crippen LogP contribution in [0, 0.1) is 0 Å². The second-order valence-corrected chi connectivity index (χ2v) is 8.17. The summed E-state index contributed by atoms with van der Waals surface area (Å²) in [6.45, 7) is 0.182. The van der Waals surface area contributed by atoms with Crippen LogP contribution in [-0.4, -0.2) is 18.6 Å². The number of carbonyl (C=O) groups excluding carboxylic acids is 2. The van der Waals surface area contributed by atoms with E-state index >= 15 is 0 Å². The van der Waals surface area contributed by atoms with Crippen LogP contribution in [0.4, 0.5) is 10.5 Å². The molecule has 0 saturated heterocycles. The number of hydrogen-bond acceptors (Lipinski definition) is 3. The summed E-state index contributed by atoms with van der Waals surface area (Å²) in [6, 6.07) is 33.7. The lowest BCUT2D eigenvalue weighted by Gasteiger charge is -2.20. The third kappa shape index (κ3) is 4.41. The number of nitrogens with one attached hydrogen (secondary N) is 2. The number of rotatable bonds is 6. The number of anilines is 1. The van der Waals surface area contributed by atoms with Crippen molar-refractivity contribution < 1.29 is 14.3 Å². The monoisotopic (exact) mass is 448 g/mol. The topological polar surface area (TPSA) is 67.4 Å². The lowest BCUT2D eigenvalue weighted by molar-refractivity contribution is -0.118. The quantitative estimate of drug-likeness (QED) is 0.386. The Morgan fingerprint density at radius 3 is 1.85 bits per heavy atom. The third-order valence-electron chi connectivity index (χ3n) is 6.04. The highest BCUT2D eigenvalue weighted by atomic mass is 16.5. The van der Waals surface area contributed by atoms with E-state index in [9.17, 15) is 9.59 Å². The first kappa shape index (κ1) is 21.5. The molecule has 1 unspecified atom stereocenters. The van der Waals surface area contributed by atoms with Gasteiger partial charge in [-0.05, 0) is 39.9 Å². The van der Waals surface area contributed by atoms with Gasteiger partial charge in [-0.3, -0.25) is 4.79 Å². The van der Waals surface area contributed by atoms with Gasteiger partial charge in [-0.25, -0.2) is 4.79 Å². The van der Waals surface area contributed by atoms with E-state index in [2.05, 4.69) is 34.9 Å². The van der Waals surface area contributed by atoms with Crippen LogP contribution in [0.1, 0.15) is 28.7 Å². The van der Waals surface area contributed by atoms with Gasteiger partial charge in [0, 0.05) is 11.6 Å². The zero-order valence-corrected chi connectivity index (χ0v) is 18.5. The molecule has 1 atom stereocenters. The van der Waals surface area contributed by atoms with Crippen LogP contribution < -0.4 is 10.6 Å². The molecular formula is C29H24N2O3. The van der Waals surface area contributed by atoms with Crippen molar-refractivity contribution in [2.45, 2.75) is 12.0 Å². The molecule has 5 rings (SSSR count). The summed E-state index contributed by atoms with van der Waals surface area (Å²) >= 11 is 0. The smallest absolute Gasteiger partial charge is 0.408 e. The number of hydrogen-bond donors (Lipinski definition) is 2. The van der Waals surface area contributed by atoms with Gasteiger partial charge in [-0.15, -0.1) is 0 Å². The van der Waals surface area contributed by atoms with Crippen LogP contribution in [0.3, 0.4) is 0 Å². The molecule has 0 radical (unpaired) electrons. The van der Waals surface area contributed by atoms with Gasteiger partial charge in [0.05, 0.1) is 0 Å². The summed E-state index contributed by atoms with van der Waals surface area (Å²) in [7, 11) is 0. The van der Waals surface area contributed by atoms with Gasteiger partial charge >= 0.3 is 6.09 Å². The Labute approximate surface area is 198 Å². The molecule has 168 valence electrons. The van der Waals surface area contributed by atoms with Gasteiger partial charge in [0.25, 0.3) is 5.91 Å². The van der Waals surface area contributed by atoms with Crippen molar-refractivity contribution in [3.05, 3.63) is 126 Å². The second kappa shape index (κ2) is 9.63. The van der Waals surface area contributed by atoms with Crippen molar-refractivity contribution >= 4 is 17.7 Å². The molecule has 4 aromatic rings. The van der Waals surface area contributed by atoms with E-state index in [4.69, 9.17) is 4.74 Å². The van der Waals surface area contributed by atoms with Crippen LogP contribution in [0.15, 0.2) is 109 Å². The minimum Gasteiger partial charge on any atom is -0.449 e. The van der Waals surface area contributed by atoms with E-state index < -0.39 is 12.1 Å². The number of para-hydroxylation sites is 1. The van der Waals surface area contributed by atoms with Gasteiger partial charge < -0.3 is 15.4 Å². The van der Waals surface area contributed by atoms with Crippen molar-refractivity contribution in [2.75, 3.05) is 11.9 Å². The fraction of sp³-hybridized carbons (Fsp3) is 0.103. The molecular weight excluding hydrogens is 424 g/mol. The highest BCUT2D eigenvalue weighted by Gasteiger charge is 2.30. The second-order valence-electron chi connectivity index (χ2n) is 8.17. The SMILES string of the molecule is O=C(NC(C(=O)Nc1ccccc1)c1ccccc1)OCC1c2ccccc2-c2ccccc21. The number of alkyl carbamates (subject to hydrolysis) is 1. The van der Waals surface area contributed by atoms with E-state index in [0.29, 0.717) is 11.3 Å². The summed E-state index contributed by atoms with van der Waals surface area (Å²) in [5.74, 6) is -0.391. The van der Waals surface area contributed by atoms with Crippen molar-refractivity contribution in [2.24, 2.45) is 0 Å². The minimum absolute atomic E-state index is 0.0496. The maximum atomic E-state index is 13.1. The summed E-state index contributed by atoms with van der Waals surface area (Å²) in [5.41, 5.74) is 5.93. The number of ether oxygens (including phenoxy) is 1. The Hall–Kier alpha value is -4.38. The first-order valence-corrected chi connectivity index (χ1v) is 11.2. The highest BCUT2D eigenvalue weighted by molar-refractivity contribution is 5.97. The van der Waals surface area contributed by atoms with Gasteiger partial charge in [-0.2, -0.15) is 0 Å². The molecule has 5 nitrogen and oxygen atoms in total. The molecule has 0 aromatic heterocycles. The van der Waals surface area contributed by atoms with Gasteiger partial charge in [0.15, 0.2) is 0 Å². The van der Waals surface area contributed by atoms with Crippen molar-refractivity contribution in [1.29, 1.82) is 0 Å². The lowest BCUT2D eigenvalue weighted by atomic mass is 9.98. The summed E-state index contributed by atoms with van der Waals surface area (Å²) < 4.78 is 5.66. The van der Waals surface area contributed by atoms with Crippen LogP contribution >= 0.6 is 0 Å². The molecule has 0 spiro atoms. The lowest BCUT2D eigenvalue weighted by Crippen LogP contribution is -2.37. The molecule has 0 aliphatic heterocycles. The molecule has 2 N–H and O–H groups in total. The zero-order valence-electron chi connectivity index (χ0n) is 18.5. The average molecular weight is 449 g/mol. The predicted molar refractivity (Wildman–Crippen MR) is 132 cm³/mol. The minimum atomic E-state index is -0.892. The molecule has 0 bridgehead atoms. The van der Waals surface area contributed by atoms with E-state index in [1.807, 2.05) is 60.7 Å². The van der Waals surface area contributed by atoms with Crippen molar-refractivity contribution in [3.63, 3.8) is 0 Å². The third-order valence-corrected chi connectivity index (χ3v) is 6.04. The molecule has 0 heterocycles. The van der Waals surface area contributed by atoms with Crippen molar-refractivity contribution in [3.8, 4) is 11.1 Å². The number of fused-ring (bicyclic) bond motifs is 3. The Kier molecular flexibility index (Phi) is 6.08. The summed E-state index contributed by atoms with van der Waals surface area (Å²) in [5, 5.41) is 5.61. The standard InChI is InChI=1S/C29H24N2O3/c32-28(30-21-13-5-2-6-14-21)27(20-11-3-1-4-12-20)31-29(33)34-19-26-24-17-9-7-15-22(24)23-16-8-10-18-25(23)26/h1-18,26-27H,19H2,(H,30,32)(H,31,33). The Morgan fingerprint density at radius 1 is 0.706 bits per heavy atom. The van der Waals surface area contributed by atoms with Gasteiger partial charge in [-0.1, -0.05) is 97.1 Å². The Bertz CT molecular complexity index is 1260. The molecule has 34 heavy (non-hydrogen) atoms. The highest BCUT2D eigenvalue weighted by Crippen LogP contribution is 2.44. The average Bonchev–Trinajstić information content (AvgIpc) is 3.21. The maximum absolute atomic E-state index is 13.1. The maximum Gasteiger partial charge on any atom is 0.408 e. The first-order chi connectivity index (χ1) is 16.7. The molecule has 0 fully saturated rings. The van der Waals surface area contributed by atoms with Crippen LogP contribution in [0.25, 0.3) is 11.1 Å². The molecule has 1 aliphatic rings. The summed E-state index contributed by atoms with van der Waals surface area (Å²) in [6.07, 6.45) is -0.640. The van der Waals surface area contributed by atoms with E-state index in [-0.39, 0.29) is 18.4 Å². The Balaban J connectivity index is 1.31. The zero-order chi connectivity index (χ0) is 23.3. The summed E-state index contributed by atoms with van der Waals surface area (Å²) in [4.78, 5) is 25.9. The normalized spacial score (nSPS) is 12.8. The van der Waals surface area contributed by atoms with Crippen LogP contribution in [0.5, 0.6) is 0 Å². The first-order valence-electron chi connectivity index (χ1n) is 11.2. The number of amides is 2. The fourth-order valence-electron chi connectivity index (χ4n) is 4.44. The molecule has 5 heteroatoms. The Morgan fingerprint density at radius 2 is 1.24 bits per heavy atom. The number of carbonyl (C=O) groups is 2. The molecule has 0 saturated carbocycles. The van der Waals surface area contributed by atoms with Crippen LogP contribution in [0.2, 0.25) is 0 Å². The van der Waals surface area contributed by atoms with Crippen molar-refractivity contribution in [1.82, 2.24) is 5.32 Å². The molecule has 2 amide bonds. The van der Waals surface area contributed by atoms with Gasteiger partial charge in [0.1, 0.15) is 12.6 Å². The largest absolute Gasteiger partial charge is 0.449 e. The van der Waals surface area contributed by atoms with Crippen LogP contribution in [-0.2, 0) is 9.53 Å². The predicted octanol–water partition coefficient (Wildman–Crippen LogP) is 5.91. The number of benzene rings is 4. The fourth-order valence-corrected chi connectivity index (χ4v) is 4.44. The molecule has 1 aliphatic carbocycles.